The summed E-state index contributed by atoms with van der Waals surface area (Å²) in [6, 6.07) is 21.8. The summed E-state index contributed by atoms with van der Waals surface area (Å²) >= 11 is 6.05. The zero-order valence-electron chi connectivity index (χ0n) is 16.5. The molecule has 1 N–H and O–H groups in total. The fourth-order valence-corrected chi connectivity index (χ4v) is 3.27. The van der Waals surface area contributed by atoms with E-state index in [1.54, 1.807) is 49.6 Å². The number of rotatable bonds is 4. The number of nitrogens with zero attached hydrogens (tertiary/aromatic N) is 1. The molecular formula is C24H19ClN2O3. The van der Waals surface area contributed by atoms with E-state index in [4.69, 9.17) is 20.8 Å². The van der Waals surface area contributed by atoms with Gasteiger partial charge in [-0.1, -0.05) is 29.8 Å². The number of carbonyl (C=O) groups excluding carboxylic acids is 1. The number of anilines is 1. The first-order valence-corrected chi connectivity index (χ1v) is 9.70. The van der Waals surface area contributed by atoms with E-state index in [2.05, 4.69) is 10.3 Å². The van der Waals surface area contributed by atoms with Crippen LogP contribution in [-0.4, -0.2) is 13.0 Å². The maximum Gasteiger partial charge on any atom is 0.261 e. The molecule has 4 rings (SSSR count). The predicted molar refractivity (Wildman–Crippen MR) is 119 cm³/mol. The maximum absolute atomic E-state index is 13.1. The van der Waals surface area contributed by atoms with Crippen molar-refractivity contribution >= 4 is 39.9 Å². The van der Waals surface area contributed by atoms with Crippen molar-refractivity contribution in [1.82, 2.24) is 0 Å². The zero-order valence-corrected chi connectivity index (χ0v) is 17.2. The Labute approximate surface area is 178 Å². The van der Waals surface area contributed by atoms with E-state index >= 15 is 0 Å². The van der Waals surface area contributed by atoms with Crippen molar-refractivity contribution in [3.63, 3.8) is 0 Å². The SMILES string of the molecule is COc1ccc(NC(=O)c2cc3ccccc3oc2=Nc2ccc(Cl)cc2C)cc1. The topological polar surface area (TPSA) is 63.8 Å². The molecule has 3 aromatic carbocycles. The van der Waals surface area contributed by atoms with Crippen molar-refractivity contribution in [2.45, 2.75) is 6.92 Å². The minimum absolute atomic E-state index is 0.227. The van der Waals surface area contributed by atoms with Gasteiger partial charge in [-0.2, -0.15) is 0 Å². The highest BCUT2D eigenvalue weighted by molar-refractivity contribution is 6.30. The molecule has 0 fully saturated rings. The largest absolute Gasteiger partial charge is 0.497 e. The van der Waals surface area contributed by atoms with Crippen LogP contribution in [0.2, 0.25) is 5.02 Å². The molecular weight excluding hydrogens is 400 g/mol. The Bertz CT molecular complexity index is 1290. The van der Waals surface area contributed by atoms with E-state index in [9.17, 15) is 4.79 Å². The summed E-state index contributed by atoms with van der Waals surface area (Å²) in [6.45, 7) is 1.91. The van der Waals surface area contributed by atoms with E-state index in [0.717, 1.165) is 10.9 Å². The second-order valence-electron chi connectivity index (χ2n) is 6.73. The predicted octanol–water partition coefficient (Wildman–Crippen LogP) is 5.89. The average Bonchev–Trinajstić information content (AvgIpc) is 2.75. The Balaban J connectivity index is 1.81. The van der Waals surface area contributed by atoms with Crippen LogP contribution in [0.15, 0.2) is 82.2 Å². The normalized spacial score (nSPS) is 11.5. The molecule has 0 spiro atoms. The molecule has 0 bridgehead atoms. The number of carbonyl (C=O) groups is 1. The highest BCUT2D eigenvalue weighted by atomic mass is 35.5. The van der Waals surface area contributed by atoms with Crippen LogP contribution in [0.5, 0.6) is 5.75 Å². The van der Waals surface area contributed by atoms with E-state index < -0.39 is 0 Å². The lowest BCUT2D eigenvalue weighted by atomic mass is 10.1. The minimum Gasteiger partial charge on any atom is -0.497 e. The lowest BCUT2D eigenvalue weighted by Gasteiger charge is -2.08. The molecule has 4 aromatic rings. The first kappa shape index (κ1) is 19.7. The highest BCUT2D eigenvalue weighted by Gasteiger charge is 2.13. The smallest absolute Gasteiger partial charge is 0.261 e. The lowest BCUT2D eigenvalue weighted by molar-refractivity contribution is 0.102. The zero-order chi connectivity index (χ0) is 21.1. The van der Waals surface area contributed by atoms with Crippen molar-refractivity contribution < 1.29 is 13.9 Å². The standard InChI is InChI=1S/C24H19ClN2O3/c1-15-13-17(25)7-12-21(15)27-24-20(14-16-5-3-4-6-22(16)30-24)23(28)26-18-8-10-19(29-2)11-9-18/h3-14H,1-2H3,(H,26,28). The van der Waals surface area contributed by atoms with Crippen molar-refractivity contribution in [2.24, 2.45) is 4.99 Å². The molecule has 0 aliphatic heterocycles. The van der Waals surface area contributed by atoms with Crippen LogP contribution in [0, 0.1) is 6.92 Å². The van der Waals surface area contributed by atoms with Gasteiger partial charge in [-0.05, 0) is 67.1 Å². The number of hydrogen-bond donors (Lipinski definition) is 1. The maximum atomic E-state index is 13.1. The second-order valence-corrected chi connectivity index (χ2v) is 7.16. The van der Waals surface area contributed by atoms with Crippen molar-refractivity contribution in [2.75, 3.05) is 12.4 Å². The van der Waals surface area contributed by atoms with Gasteiger partial charge in [0.15, 0.2) is 0 Å². The summed E-state index contributed by atoms with van der Waals surface area (Å²) in [6.07, 6.45) is 0. The summed E-state index contributed by atoms with van der Waals surface area (Å²) in [5.41, 5.74) is 3.40. The molecule has 0 unspecified atom stereocenters. The van der Waals surface area contributed by atoms with Crippen LogP contribution >= 0.6 is 11.6 Å². The van der Waals surface area contributed by atoms with Crippen LogP contribution in [0.1, 0.15) is 15.9 Å². The number of methoxy groups -OCH3 is 1. The Hall–Kier alpha value is -3.57. The number of nitrogens with one attached hydrogen (secondary N) is 1. The Morgan fingerprint density at radius 2 is 1.80 bits per heavy atom. The fourth-order valence-electron chi connectivity index (χ4n) is 3.04. The minimum atomic E-state index is -0.319. The summed E-state index contributed by atoms with van der Waals surface area (Å²) in [5, 5.41) is 4.32. The molecule has 0 saturated heterocycles. The molecule has 30 heavy (non-hydrogen) atoms. The van der Waals surface area contributed by atoms with Gasteiger partial charge in [0.2, 0.25) is 5.55 Å². The van der Waals surface area contributed by atoms with Crippen LogP contribution in [0.4, 0.5) is 11.4 Å². The summed E-state index contributed by atoms with van der Waals surface area (Å²) < 4.78 is 11.2. The molecule has 0 atom stereocenters. The van der Waals surface area contributed by atoms with Crippen LogP contribution < -0.4 is 15.6 Å². The molecule has 150 valence electrons. The third-order valence-corrected chi connectivity index (χ3v) is 4.86. The molecule has 6 heteroatoms. The molecule has 0 radical (unpaired) electrons. The molecule has 0 aliphatic carbocycles. The quantitative estimate of drug-likeness (QED) is 0.449. The van der Waals surface area contributed by atoms with Gasteiger partial charge >= 0.3 is 0 Å². The van der Waals surface area contributed by atoms with E-state index in [1.165, 1.54) is 0 Å². The van der Waals surface area contributed by atoms with Crippen molar-refractivity contribution in [3.8, 4) is 5.75 Å². The number of halogens is 1. The van der Waals surface area contributed by atoms with Crippen LogP contribution in [-0.2, 0) is 0 Å². The fraction of sp³-hybridized carbons (Fsp3) is 0.0833. The number of benzene rings is 3. The van der Waals surface area contributed by atoms with Crippen molar-refractivity contribution in [1.29, 1.82) is 0 Å². The monoisotopic (exact) mass is 418 g/mol. The Morgan fingerprint density at radius 1 is 1.03 bits per heavy atom. The summed E-state index contributed by atoms with van der Waals surface area (Å²) in [4.78, 5) is 17.7. The molecule has 1 heterocycles. The number of ether oxygens (including phenoxy) is 1. The molecule has 0 aliphatic rings. The number of amides is 1. The number of para-hydroxylation sites is 1. The average molecular weight is 419 g/mol. The van der Waals surface area contributed by atoms with Gasteiger partial charge in [0.25, 0.3) is 5.91 Å². The van der Waals surface area contributed by atoms with Crippen LogP contribution in [0.25, 0.3) is 11.0 Å². The van der Waals surface area contributed by atoms with Gasteiger partial charge in [-0.15, -0.1) is 0 Å². The molecule has 1 amide bonds. The lowest BCUT2D eigenvalue weighted by Crippen LogP contribution is -2.21. The third-order valence-electron chi connectivity index (χ3n) is 4.63. The van der Waals surface area contributed by atoms with Gasteiger partial charge in [0, 0.05) is 16.1 Å². The second kappa shape index (κ2) is 8.43. The highest BCUT2D eigenvalue weighted by Crippen LogP contribution is 2.23. The Kier molecular flexibility index (Phi) is 5.55. The van der Waals surface area contributed by atoms with Gasteiger partial charge in [-0.25, -0.2) is 4.99 Å². The van der Waals surface area contributed by atoms with E-state index in [-0.39, 0.29) is 11.5 Å². The first-order valence-electron chi connectivity index (χ1n) is 9.33. The van der Waals surface area contributed by atoms with Gasteiger partial charge in [0.1, 0.15) is 16.9 Å². The van der Waals surface area contributed by atoms with E-state index in [0.29, 0.717) is 33.3 Å². The number of aryl methyl sites for hydroxylation is 1. The van der Waals surface area contributed by atoms with Gasteiger partial charge in [0.05, 0.1) is 12.8 Å². The van der Waals surface area contributed by atoms with Gasteiger partial charge in [-0.3, -0.25) is 4.79 Å². The molecule has 1 aromatic heterocycles. The number of hydrogen-bond acceptors (Lipinski definition) is 4. The summed E-state index contributed by atoms with van der Waals surface area (Å²) in [5.74, 6) is 0.391. The Morgan fingerprint density at radius 3 is 2.53 bits per heavy atom. The summed E-state index contributed by atoms with van der Waals surface area (Å²) in [7, 11) is 1.59. The number of fused-ring (bicyclic) bond motifs is 1. The third kappa shape index (κ3) is 4.21. The molecule has 5 nitrogen and oxygen atoms in total. The van der Waals surface area contributed by atoms with Crippen LogP contribution in [0.3, 0.4) is 0 Å². The van der Waals surface area contributed by atoms with Gasteiger partial charge < -0.3 is 14.5 Å². The van der Waals surface area contributed by atoms with Crippen molar-refractivity contribution in [3.05, 3.63) is 94.5 Å². The first-order chi connectivity index (χ1) is 14.5. The van der Waals surface area contributed by atoms with E-state index in [1.807, 2.05) is 37.3 Å². The molecule has 0 saturated carbocycles.